The highest BCUT2D eigenvalue weighted by Crippen LogP contribution is 2.55. The second kappa shape index (κ2) is 4.29. The second-order valence-electron chi connectivity index (χ2n) is 6.75. The summed E-state index contributed by atoms with van der Waals surface area (Å²) in [5.74, 6) is 3.06. The first-order chi connectivity index (χ1) is 7.85. The molecule has 0 aromatic heterocycles. The van der Waals surface area contributed by atoms with E-state index in [1.54, 1.807) is 0 Å². The summed E-state index contributed by atoms with van der Waals surface area (Å²) in [6.45, 7) is 10.7. The maximum Gasteiger partial charge on any atom is 0.309 e. The molecule has 2 heteroatoms. The molecule has 2 bridgehead atoms. The van der Waals surface area contributed by atoms with Gasteiger partial charge in [0, 0.05) is 0 Å². The van der Waals surface area contributed by atoms with Crippen LogP contribution in [0.15, 0.2) is 0 Å². The van der Waals surface area contributed by atoms with Crippen molar-refractivity contribution in [2.45, 2.75) is 59.5 Å². The van der Waals surface area contributed by atoms with Crippen molar-refractivity contribution in [2.75, 3.05) is 0 Å². The normalized spacial score (nSPS) is 40.6. The number of esters is 1. The van der Waals surface area contributed by atoms with Crippen LogP contribution in [0.2, 0.25) is 0 Å². The van der Waals surface area contributed by atoms with Crippen molar-refractivity contribution in [2.24, 2.45) is 29.6 Å². The maximum atomic E-state index is 12.2. The van der Waals surface area contributed by atoms with E-state index in [2.05, 4.69) is 20.8 Å². The van der Waals surface area contributed by atoms with Gasteiger partial charge < -0.3 is 4.74 Å². The van der Waals surface area contributed by atoms with Gasteiger partial charge in [0.1, 0.15) is 5.60 Å². The molecule has 2 saturated carbocycles. The summed E-state index contributed by atoms with van der Waals surface area (Å²) < 4.78 is 5.67. The first kappa shape index (κ1) is 12.9. The molecule has 0 heterocycles. The van der Waals surface area contributed by atoms with Gasteiger partial charge in [-0.2, -0.15) is 0 Å². The summed E-state index contributed by atoms with van der Waals surface area (Å²) in [5, 5.41) is 0. The van der Waals surface area contributed by atoms with Crippen molar-refractivity contribution < 1.29 is 9.53 Å². The number of hydrogen-bond acceptors (Lipinski definition) is 2. The smallest absolute Gasteiger partial charge is 0.309 e. The summed E-state index contributed by atoms with van der Waals surface area (Å²) in [7, 11) is 0. The zero-order chi connectivity index (χ0) is 12.8. The Balaban J connectivity index is 1.99. The molecule has 0 spiro atoms. The summed E-state index contributed by atoms with van der Waals surface area (Å²) in [6.07, 6.45) is 3.19. The summed E-state index contributed by atoms with van der Waals surface area (Å²) in [5.41, 5.74) is -0.298. The van der Waals surface area contributed by atoms with Gasteiger partial charge in [-0.05, 0) is 56.8 Å². The second-order valence-corrected chi connectivity index (χ2v) is 6.75. The molecule has 0 aliphatic heterocycles. The minimum Gasteiger partial charge on any atom is -0.459 e. The zero-order valence-electron chi connectivity index (χ0n) is 11.8. The third-order valence-corrected chi connectivity index (χ3v) is 5.43. The van der Waals surface area contributed by atoms with E-state index in [4.69, 9.17) is 4.74 Å². The number of hydrogen-bond donors (Lipinski definition) is 0. The average Bonchev–Trinajstić information content (AvgIpc) is 2.80. The van der Waals surface area contributed by atoms with Gasteiger partial charge in [0.15, 0.2) is 0 Å². The number of fused-ring (bicyclic) bond motifs is 2. The molecule has 4 unspecified atom stereocenters. The molecule has 2 rings (SSSR count). The van der Waals surface area contributed by atoms with E-state index in [9.17, 15) is 4.79 Å². The molecule has 0 aromatic carbocycles. The third-order valence-electron chi connectivity index (χ3n) is 5.43. The summed E-state index contributed by atoms with van der Waals surface area (Å²) in [6, 6.07) is 0. The van der Waals surface area contributed by atoms with Gasteiger partial charge >= 0.3 is 5.97 Å². The molecular formula is C15H26O2. The number of carbonyl (C=O) groups excluding carboxylic acids is 1. The Kier molecular flexibility index (Phi) is 3.26. The molecule has 2 aliphatic carbocycles. The lowest BCUT2D eigenvalue weighted by molar-refractivity contribution is -0.164. The Bertz CT molecular complexity index is 306. The molecule has 2 nitrogen and oxygen atoms in total. The molecule has 0 aromatic rings. The standard InChI is InChI=1S/C15H26O2/c1-6-15(4,5)17-14(16)13-8-11-7-12(13)10(3)9(11)2/h9-13H,6-8H2,1-5H3/t9?,10?,11?,12?,13-/m0/s1. The zero-order valence-corrected chi connectivity index (χ0v) is 11.8. The summed E-state index contributed by atoms with van der Waals surface area (Å²) >= 11 is 0. The van der Waals surface area contributed by atoms with Crippen LogP contribution >= 0.6 is 0 Å². The van der Waals surface area contributed by atoms with E-state index in [-0.39, 0.29) is 17.5 Å². The van der Waals surface area contributed by atoms with Gasteiger partial charge in [-0.25, -0.2) is 0 Å². The lowest BCUT2D eigenvalue weighted by Crippen LogP contribution is -2.36. The Morgan fingerprint density at radius 2 is 1.88 bits per heavy atom. The fraction of sp³-hybridized carbons (Fsp3) is 0.933. The predicted molar refractivity (Wildman–Crippen MR) is 68.5 cm³/mol. The lowest BCUT2D eigenvalue weighted by Gasteiger charge is -2.33. The highest BCUT2D eigenvalue weighted by atomic mass is 16.6. The van der Waals surface area contributed by atoms with Crippen molar-refractivity contribution in [3.05, 3.63) is 0 Å². The minimum atomic E-state index is -0.298. The lowest BCUT2D eigenvalue weighted by atomic mass is 9.76. The van der Waals surface area contributed by atoms with Crippen LogP contribution in [0, 0.1) is 29.6 Å². The topological polar surface area (TPSA) is 26.3 Å². The highest BCUT2D eigenvalue weighted by molar-refractivity contribution is 5.74. The van der Waals surface area contributed by atoms with Crippen molar-refractivity contribution in [3.63, 3.8) is 0 Å². The van der Waals surface area contributed by atoms with Crippen molar-refractivity contribution in [1.29, 1.82) is 0 Å². The van der Waals surface area contributed by atoms with Gasteiger partial charge in [-0.1, -0.05) is 20.8 Å². The average molecular weight is 238 g/mol. The van der Waals surface area contributed by atoms with Crippen molar-refractivity contribution in [3.8, 4) is 0 Å². The van der Waals surface area contributed by atoms with Crippen LogP contribution in [-0.4, -0.2) is 11.6 Å². The molecule has 2 fully saturated rings. The molecule has 0 amide bonds. The Hall–Kier alpha value is -0.530. The van der Waals surface area contributed by atoms with Crippen LogP contribution in [0.1, 0.15) is 53.9 Å². The fourth-order valence-electron chi connectivity index (χ4n) is 3.63. The molecule has 0 saturated heterocycles. The quantitative estimate of drug-likeness (QED) is 0.702. The van der Waals surface area contributed by atoms with E-state index in [0.717, 1.165) is 24.7 Å². The predicted octanol–water partition coefficient (Wildman–Crippen LogP) is 3.65. The van der Waals surface area contributed by atoms with Gasteiger partial charge in [0.05, 0.1) is 5.92 Å². The van der Waals surface area contributed by atoms with Gasteiger partial charge in [-0.3, -0.25) is 4.79 Å². The largest absolute Gasteiger partial charge is 0.459 e. The SMILES string of the molecule is CCC(C)(C)OC(=O)[C@H]1CC2CC1C(C)C2C. The first-order valence-electron chi connectivity index (χ1n) is 7.08. The van der Waals surface area contributed by atoms with Crippen molar-refractivity contribution >= 4 is 5.97 Å². The molecule has 0 radical (unpaired) electrons. The van der Waals surface area contributed by atoms with Crippen LogP contribution < -0.4 is 0 Å². The van der Waals surface area contributed by atoms with E-state index >= 15 is 0 Å². The number of rotatable bonds is 3. The van der Waals surface area contributed by atoms with E-state index < -0.39 is 0 Å². The fourth-order valence-corrected chi connectivity index (χ4v) is 3.63. The van der Waals surface area contributed by atoms with Crippen LogP contribution in [-0.2, 0) is 9.53 Å². The van der Waals surface area contributed by atoms with E-state index in [1.807, 2.05) is 13.8 Å². The van der Waals surface area contributed by atoms with Crippen LogP contribution in [0.5, 0.6) is 0 Å². The van der Waals surface area contributed by atoms with Gasteiger partial charge in [0.25, 0.3) is 0 Å². The Morgan fingerprint density at radius 3 is 2.35 bits per heavy atom. The molecule has 0 N–H and O–H groups in total. The van der Waals surface area contributed by atoms with E-state index in [0.29, 0.717) is 11.8 Å². The maximum absolute atomic E-state index is 12.2. The molecule has 98 valence electrons. The Morgan fingerprint density at radius 1 is 1.24 bits per heavy atom. The van der Waals surface area contributed by atoms with Gasteiger partial charge in [-0.15, -0.1) is 0 Å². The van der Waals surface area contributed by atoms with Crippen LogP contribution in [0.4, 0.5) is 0 Å². The number of ether oxygens (including phenoxy) is 1. The van der Waals surface area contributed by atoms with E-state index in [1.165, 1.54) is 6.42 Å². The summed E-state index contributed by atoms with van der Waals surface area (Å²) in [4.78, 5) is 12.2. The number of carbonyl (C=O) groups is 1. The highest BCUT2D eigenvalue weighted by Gasteiger charge is 2.52. The van der Waals surface area contributed by atoms with Gasteiger partial charge in [0.2, 0.25) is 0 Å². The van der Waals surface area contributed by atoms with Crippen LogP contribution in [0.25, 0.3) is 0 Å². The Labute approximate surface area is 105 Å². The van der Waals surface area contributed by atoms with Crippen LogP contribution in [0.3, 0.4) is 0 Å². The first-order valence-corrected chi connectivity index (χ1v) is 7.08. The molecular weight excluding hydrogens is 212 g/mol. The molecule has 5 atom stereocenters. The van der Waals surface area contributed by atoms with Crippen molar-refractivity contribution in [1.82, 2.24) is 0 Å². The molecule has 2 aliphatic rings. The molecule has 17 heavy (non-hydrogen) atoms. The third kappa shape index (κ3) is 2.23. The minimum absolute atomic E-state index is 0.0584. The monoisotopic (exact) mass is 238 g/mol.